The van der Waals surface area contributed by atoms with Gasteiger partial charge in [-0.25, -0.2) is 9.59 Å². The Hall–Kier alpha value is -7.22. The lowest BCUT2D eigenvalue weighted by molar-refractivity contribution is -0.168. The fraction of sp³-hybridized carbons (Fsp3) is 0.493. The number of rotatable bonds is 16. The van der Waals surface area contributed by atoms with Crippen LogP contribution in [0.2, 0.25) is 0 Å². The molecule has 4 amide bonds. The number of benzene rings is 4. The molecule has 4 saturated heterocycles. The van der Waals surface area contributed by atoms with Gasteiger partial charge in [-0.3, -0.25) is 19.2 Å². The molecule has 422 valence electrons. The minimum absolute atomic E-state index is 0.0843. The standard InChI is InChI=1S/C34H39N3O4.C33H37N3O4/c1-20(28-19-35-29-5-3-4-27(31(28)29)23-10-11-23)12-30(38)37-25-13-22-14-26(37)17-34(15-22,16-25)33(40)36-18-21-6-8-24(9-7-21)32(39)41-2;1-19(27-18-34-28-4-2-3-26(30(27)28)22-9-10-22)11-29(37)36-24-12-21-13-25(36)16-33(14-21,15-24)32(40)35-17-20-5-7-23(8-6-20)31(38)39/h3-9,19-20,22-23,25-26,35H,10-18H2,1-2H3,(H,36,40);2-8,18-19,21-22,24-25,34H,9-17H2,1H3,(H,35,40)(H,38,39). The molecule has 6 saturated carbocycles. The Morgan fingerprint density at radius 2 is 0.963 bits per heavy atom. The molecule has 4 aliphatic heterocycles. The zero-order valence-corrected chi connectivity index (χ0v) is 46.9. The summed E-state index contributed by atoms with van der Waals surface area (Å²) in [5.74, 6) is 1.92. The molecule has 14 nitrogen and oxygen atoms in total. The molecule has 81 heavy (non-hydrogen) atoms. The van der Waals surface area contributed by atoms with Crippen LogP contribution >= 0.6 is 0 Å². The van der Waals surface area contributed by atoms with Gasteiger partial charge in [0.2, 0.25) is 23.6 Å². The third-order valence-corrected chi connectivity index (χ3v) is 20.5. The summed E-state index contributed by atoms with van der Waals surface area (Å²) in [6.45, 7) is 5.18. The zero-order chi connectivity index (χ0) is 55.9. The van der Waals surface area contributed by atoms with E-state index in [0.29, 0.717) is 55.2 Å². The third kappa shape index (κ3) is 10.0. The van der Waals surface area contributed by atoms with Gasteiger partial charge in [-0.1, -0.05) is 62.4 Å². The molecule has 10 aliphatic rings. The number of nitrogens with one attached hydrogen (secondary N) is 4. The smallest absolute Gasteiger partial charge is 0.337 e. The van der Waals surface area contributed by atoms with E-state index in [1.54, 1.807) is 36.4 Å². The first-order valence-corrected chi connectivity index (χ1v) is 30.0. The average Bonchev–Trinajstić information content (AvgIpc) is 4.48. The number of aromatic nitrogens is 2. The second kappa shape index (κ2) is 21.0. The highest BCUT2D eigenvalue weighted by atomic mass is 16.5. The van der Waals surface area contributed by atoms with E-state index >= 15 is 0 Å². The van der Waals surface area contributed by atoms with E-state index in [0.717, 1.165) is 75.3 Å². The Morgan fingerprint density at radius 3 is 1.33 bits per heavy atom. The van der Waals surface area contributed by atoms with Crippen molar-refractivity contribution in [3.63, 3.8) is 0 Å². The number of carboxylic acids is 1. The third-order valence-electron chi connectivity index (χ3n) is 20.5. The van der Waals surface area contributed by atoms with Gasteiger partial charge < -0.3 is 40.2 Å². The summed E-state index contributed by atoms with van der Waals surface area (Å²) in [5.41, 5.74) is 9.48. The first-order chi connectivity index (χ1) is 39.2. The quantitative estimate of drug-likeness (QED) is 0.0591. The van der Waals surface area contributed by atoms with Crippen molar-refractivity contribution in [2.75, 3.05) is 7.11 Å². The molecule has 10 fully saturated rings. The second-order valence-electron chi connectivity index (χ2n) is 26.0. The Kier molecular flexibility index (Phi) is 13.7. The molecule has 5 N–H and O–H groups in total. The monoisotopic (exact) mass is 1090 g/mol. The molecule has 14 heteroatoms. The molecule has 16 rings (SSSR count). The van der Waals surface area contributed by atoms with E-state index in [2.05, 4.69) is 93.0 Å². The second-order valence-corrected chi connectivity index (χ2v) is 26.0. The number of carboxylic acid groups (broad SMARTS) is 1. The number of H-pyrrole nitrogens is 2. The molecule has 6 aliphatic carbocycles. The van der Waals surface area contributed by atoms with Crippen molar-refractivity contribution in [1.82, 2.24) is 30.4 Å². The van der Waals surface area contributed by atoms with Gasteiger partial charge in [-0.05, 0) is 195 Å². The highest BCUT2D eigenvalue weighted by Gasteiger charge is 2.60. The van der Waals surface area contributed by atoms with Gasteiger partial charge in [0, 0.05) is 84.3 Å². The molecule has 6 unspecified atom stereocenters. The molecule has 4 aromatic carbocycles. The van der Waals surface area contributed by atoms with Crippen molar-refractivity contribution in [3.05, 3.63) is 142 Å². The molecule has 2 aromatic heterocycles. The minimum atomic E-state index is -0.956. The number of esters is 1. The topological polar surface area (TPSA) is 194 Å². The predicted octanol–water partition coefficient (Wildman–Crippen LogP) is 11.5. The molecule has 0 radical (unpaired) electrons. The van der Waals surface area contributed by atoms with E-state index in [1.807, 2.05) is 12.1 Å². The molecular weight excluding hydrogens is 1020 g/mol. The fourth-order valence-corrected chi connectivity index (χ4v) is 16.7. The van der Waals surface area contributed by atoms with Gasteiger partial charge in [0.15, 0.2) is 0 Å². The Bertz CT molecular complexity index is 3410. The maximum Gasteiger partial charge on any atom is 0.337 e. The van der Waals surface area contributed by atoms with Crippen LogP contribution in [0.4, 0.5) is 0 Å². The highest BCUT2D eigenvalue weighted by Crippen LogP contribution is 2.58. The van der Waals surface area contributed by atoms with Crippen molar-refractivity contribution in [2.45, 2.75) is 178 Å². The van der Waals surface area contributed by atoms with E-state index in [1.165, 1.54) is 76.9 Å². The summed E-state index contributed by atoms with van der Waals surface area (Å²) in [4.78, 5) is 89.0. The summed E-state index contributed by atoms with van der Waals surface area (Å²) < 4.78 is 4.77. The van der Waals surface area contributed by atoms with Crippen molar-refractivity contribution in [3.8, 4) is 0 Å². The minimum Gasteiger partial charge on any atom is -0.478 e. The number of carbonyl (C=O) groups is 6. The van der Waals surface area contributed by atoms with Crippen LogP contribution in [0.1, 0.15) is 194 Å². The molecule has 8 bridgehead atoms. The lowest BCUT2D eigenvalue weighted by Gasteiger charge is -2.60. The SMILES string of the molecule is CC(CC(=O)N1C2CC3CC1CC(C(=O)NCc1ccc(C(=O)O)cc1)(C3)C2)c1c[nH]c2cccc(C3CC3)c12.COC(=O)c1ccc(CNC(=O)C23CC4CC(C2)N(C(=O)CC(C)c2c[nH]c5cccc(C6CC6)c25)C(C4)C3)cc1. The van der Waals surface area contributed by atoms with Crippen LogP contribution in [0.3, 0.4) is 0 Å². The number of amides is 4. The van der Waals surface area contributed by atoms with Crippen LogP contribution in [0, 0.1) is 22.7 Å². The number of ether oxygens (including phenoxy) is 1. The number of hydrogen-bond acceptors (Lipinski definition) is 7. The maximum absolute atomic E-state index is 13.9. The highest BCUT2D eigenvalue weighted by molar-refractivity contribution is 5.92. The largest absolute Gasteiger partial charge is 0.478 e. The predicted molar refractivity (Wildman–Crippen MR) is 308 cm³/mol. The Balaban J connectivity index is 0.000000153. The number of aromatic carboxylic acids is 1. The first kappa shape index (κ1) is 53.1. The normalized spacial score (nSPS) is 27.4. The number of hydrogen-bond donors (Lipinski definition) is 5. The fourth-order valence-electron chi connectivity index (χ4n) is 16.7. The Labute approximate surface area is 473 Å². The van der Waals surface area contributed by atoms with Gasteiger partial charge in [-0.2, -0.15) is 0 Å². The van der Waals surface area contributed by atoms with Crippen LogP contribution in [0.25, 0.3) is 21.8 Å². The van der Waals surface area contributed by atoms with Crippen LogP contribution in [-0.4, -0.2) is 91.7 Å². The van der Waals surface area contributed by atoms with E-state index in [4.69, 9.17) is 9.84 Å². The Morgan fingerprint density at radius 1 is 0.568 bits per heavy atom. The van der Waals surface area contributed by atoms with Crippen molar-refractivity contribution >= 4 is 57.4 Å². The van der Waals surface area contributed by atoms with E-state index in [9.17, 15) is 28.8 Å². The number of aromatic amines is 2. The lowest BCUT2D eigenvalue weighted by atomic mass is 9.55. The summed E-state index contributed by atoms with van der Waals surface area (Å²) >= 11 is 0. The number of carbonyl (C=O) groups excluding carboxylic acids is 5. The molecular formula is C67H76N6O8. The molecule has 6 aromatic rings. The van der Waals surface area contributed by atoms with E-state index < -0.39 is 11.4 Å². The van der Waals surface area contributed by atoms with Gasteiger partial charge in [0.25, 0.3) is 0 Å². The van der Waals surface area contributed by atoms with Crippen molar-refractivity contribution < 1.29 is 38.6 Å². The zero-order valence-electron chi connectivity index (χ0n) is 46.9. The van der Waals surface area contributed by atoms with E-state index in [-0.39, 0.29) is 76.6 Å². The maximum atomic E-state index is 13.9. The first-order valence-electron chi connectivity index (χ1n) is 30.0. The summed E-state index contributed by atoms with van der Waals surface area (Å²) in [5, 5.41) is 18.1. The molecule has 0 spiro atoms. The van der Waals surface area contributed by atoms with Crippen molar-refractivity contribution in [2.24, 2.45) is 22.7 Å². The lowest BCUT2D eigenvalue weighted by Crippen LogP contribution is -2.66. The summed E-state index contributed by atoms with van der Waals surface area (Å²) in [6, 6.07) is 27.5. The number of nitrogens with zero attached hydrogens (tertiary/aromatic N) is 2. The van der Waals surface area contributed by atoms with Gasteiger partial charge >= 0.3 is 11.9 Å². The van der Waals surface area contributed by atoms with Gasteiger partial charge in [0.1, 0.15) is 0 Å². The molecule has 6 heterocycles. The summed E-state index contributed by atoms with van der Waals surface area (Å²) in [7, 11) is 1.37. The number of methoxy groups -OCH3 is 1. The molecule has 6 atom stereocenters. The van der Waals surface area contributed by atoms with Gasteiger partial charge in [0.05, 0.1) is 29.1 Å². The van der Waals surface area contributed by atoms with Gasteiger partial charge in [-0.15, -0.1) is 0 Å². The van der Waals surface area contributed by atoms with Crippen LogP contribution in [0.5, 0.6) is 0 Å². The number of fused-ring (bicyclic) bond motifs is 2. The average molecular weight is 1090 g/mol. The van der Waals surface area contributed by atoms with Crippen LogP contribution in [0.15, 0.2) is 97.3 Å². The van der Waals surface area contributed by atoms with Crippen molar-refractivity contribution in [1.29, 1.82) is 0 Å². The number of piperidine rings is 4. The van der Waals surface area contributed by atoms with Crippen LogP contribution in [-0.2, 0) is 37.0 Å². The van der Waals surface area contributed by atoms with Crippen LogP contribution < -0.4 is 10.6 Å². The summed E-state index contributed by atoms with van der Waals surface area (Å²) in [6.07, 6.45) is 19.1.